The molecule has 2 N–H and O–H groups in total. The summed E-state index contributed by atoms with van der Waals surface area (Å²) in [6, 6.07) is 2.99. The van der Waals surface area contributed by atoms with Crippen molar-refractivity contribution in [1.29, 1.82) is 0 Å². The van der Waals surface area contributed by atoms with Crippen LogP contribution >= 0.6 is 11.3 Å². The fourth-order valence-electron chi connectivity index (χ4n) is 2.25. The van der Waals surface area contributed by atoms with Crippen LogP contribution in [0, 0.1) is 12.7 Å². The van der Waals surface area contributed by atoms with Crippen LogP contribution in [-0.2, 0) is 4.79 Å². The molecule has 2 heterocycles. The number of carbonyl (C=O) groups is 1. The highest BCUT2D eigenvalue weighted by Gasteiger charge is 2.23. The number of halogens is 1. The number of fused-ring (bicyclic) bond motifs is 1. The third-order valence-corrected chi connectivity index (χ3v) is 4.29. The molecule has 19 heavy (non-hydrogen) atoms. The molecule has 1 aromatic carbocycles. The molecule has 0 aliphatic carbocycles. The first-order chi connectivity index (χ1) is 9.15. The molecule has 3 rings (SSSR count). The lowest BCUT2D eigenvalue weighted by Gasteiger charge is -2.08. The van der Waals surface area contributed by atoms with E-state index >= 15 is 0 Å². The van der Waals surface area contributed by atoms with Crippen molar-refractivity contribution in [2.24, 2.45) is 0 Å². The summed E-state index contributed by atoms with van der Waals surface area (Å²) in [5.41, 5.74) is 1.15. The van der Waals surface area contributed by atoms with E-state index in [2.05, 4.69) is 15.6 Å². The summed E-state index contributed by atoms with van der Waals surface area (Å²) in [4.78, 5) is 16.3. The molecule has 1 aliphatic rings. The summed E-state index contributed by atoms with van der Waals surface area (Å²) in [6.07, 6.45) is 1.87. The van der Waals surface area contributed by atoms with Gasteiger partial charge in [-0.2, -0.15) is 0 Å². The smallest absolute Gasteiger partial charge is 0.243 e. The van der Waals surface area contributed by atoms with Crippen molar-refractivity contribution in [3.05, 3.63) is 23.5 Å². The molecule has 1 aliphatic heterocycles. The van der Waals surface area contributed by atoms with Gasteiger partial charge in [-0.3, -0.25) is 4.79 Å². The fraction of sp³-hybridized carbons (Fsp3) is 0.385. The molecule has 4 nitrogen and oxygen atoms in total. The number of rotatable bonds is 2. The molecule has 100 valence electrons. The van der Waals surface area contributed by atoms with Crippen molar-refractivity contribution in [3.63, 3.8) is 0 Å². The Bertz CT molecular complexity index is 634. The number of carbonyl (C=O) groups excluding carboxylic acids is 1. The first-order valence-corrected chi connectivity index (χ1v) is 7.06. The van der Waals surface area contributed by atoms with Crippen molar-refractivity contribution < 1.29 is 9.18 Å². The summed E-state index contributed by atoms with van der Waals surface area (Å²) < 4.78 is 14.3. The van der Waals surface area contributed by atoms with E-state index in [4.69, 9.17) is 0 Å². The minimum absolute atomic E-state index is 0.0605. The van der Waals surface area contributed by atoms with E-state index in [1.807, 2.05) is 0 Å². The SMILES string of the molecule is Cc1c(F)ccc2sc(NC(=O)C3CCCN3)nc12. The van der Waals surface area contributed by atoms with Gasteiger partial charge >= 0.3 is 0 Å². The third-order valence-electron chi connectivity index (χ3n) is 3.35. The van der Waals surface area contributed by atoms with Gasteiger partial charge in [-0.05, 0) is 38.4 Å². The Morgan fingerprint density at radius 2 is 2.42 bits per heavy atom. The molecular weight excluding hydrogens is 265 g/mol. The standard InChI is InChI=1S/C13H14FN3OS/c1-7-8(14)4-5-10-11(7)16-13(19-10)17-12(18)9-3-2-6-15-9/h4-5,9,15H,2-3,6H2,1H3,(H,16,17,18). The van der Waals surface area contributed by atoms with Crippen LogP contribution in [0.25, 0.3) is 10.2 Å². The van der Waals surface area contributed by atoms with Crippen LogP contribution in [0.4, 0.5) is 9.52 Å². The molecule has 1 saturated heterocycles. The molecule has 0 bridgehead atoms. The fourth-order valence-corrected chi connectivity index (χ4v) is 3.18. The molecule has 1 atom stereocenters. The summed E-state index contributed by atoms with van der Waals surface area (Å²) in [5.74, 6) is -0.331. The zero-order chi connectivity index (χ0) is 13.4. The predicted octanol–water partition coefficient (Wildman–Crippen LogP) is 2.43. The number of hydrogen-bond donors (Lipinski definition) is 2. The lowest BCUT2D eigenvalue weighted by Crippen LogP contribution is -2.35. The lowest BCUT2D eigenvalue weighted by molar-refractivity contribution is -0.117. The predicted molar refractivity (Wildman–Crippen MR) is 74.0 cm³/mol. The van der Waals surface area contributed by atoms with Gasteiger partial charge in [0, 0.05) is 5.56 Å². The molecule has 0 radical (unpaired) electrons. The maximum Gasteiger partial charge on any atom is 0.243 e. The zero-order valence-corrected chi connectivity index (χ0v) is 11.3. The van der Waals surface area contributed by atoms with Crippen LogP contribution in [0.5, 0.6) is 0 Å². The normalized spacial score (nSPS) is 18.9. The van der Waals surface area contributed by atoms with Gasteiger partial charge < -0.3 is 10.6 Å². The Labute approximate surface area is 114 Å². The molecule has 1 fully saturated rings. The van der Waals surface area contributed by atoms with E-state index in [9.17, 15) is 9.18 Å². The van der Waals surface area contributed by atoms with Gasteiger partial charge in [0.15, 0.2) is 5.13 Å². The van der Waals surface area contributed by atoms with Gasteiger partial charge in [0.2, 0.25) is 5.91 Å². The summed E-state index contributed by atoms with van der Waals surface area (Å²) in [6.45, 7) is 2.57. The van der Waals surface area contributed by atoms with E-state index < -0.39 is 0 Å². The average molecular weight is 279 g/mol. The van der Waals surface area contributed by atoms with Crippen molar-refractivity contribution in [2.75, 3.05) is 11.9 Å². The highest BCUT2D eigenvalue weighted by molar-refractivity contribution is 7.22. The molecule has 0 spiro atoms. The van der Waals surface area contributed by atoms with Crippen molar-refractivity contribution in [1.82, 2.24) is 10.3 Å². The van der Waals surface area contributed by atoms with Gasteiger partial charge in [0.05, 0.1) is 16.3 Å². The third kappa shape index (κ3) is 2.33. The van der Waals surface area contributed by atoms with Crippen LogP contribution < -0.4 is 10.6 Å². The summed E-state index contributed by atoms with van der Waals surface area (Å²) in [7, 11) is 0. The molecule has 0 saturated carbocycles. The van der Waals surface area contributed by atoms with Gasteiger partial charge in [-0.25, -0.2) is 9.37 Å². The zero-order valence-electron chi connectivity index (χ0n) is 10.5. The number of benzene rings is 1. The molecule has 2 aromatic rings. The second kappa shape index (κ2) is 4.86. The Balaban J connectivity index is 1.85. The second-order valence-electron chi connectivity index (χ2n) is 4.68. The number of hydrogen-bond acceptors (Lipinski definition) is 4. The van der Waals surface area contributed by atoms with Crippen molar-refractivity contribution in [3.8, 4) is 0 Å². The highest BCUT2D eigenvalue weighted by Crippen LogP contribution is 2.29. The molecule has 6 heteroatoms. The van der Waals surface area contributed by atoms with Gasteiger partial charge in [-0.15, -0.1) is 0 Å². The number of nitrogens with one attached hydrogen (secondary N) is 2. The summed E-state index contributed by atoms with van der Waals surface area (Å²) >= 11 is 1.37. The first-order valence-electron chi connectivity index (χ1n) is 6.25. The minimum atomic E-state index is -0.270. The van der Waals surface area contributed by atoms with E-state index in [1.54, 1.807) is 13.0 Å². The van der Waals surface area contributed by atoms with E-state index in [0.29, 0.717) is 16.2 Å². The molecule has 1 aromatic heterocycles. The number of thiazole rings is 1. The number of nitrogens with zero attached hydrogens (tertiary/aromatic N) is 1. The minimum Gasteiger partial charge on any atom is -0.306 e. The van der Waals surface area contributed by atoms with Crippen molar-refractivity contribution >= 4 is 32.6 Å². The maximum absolute atomic E-state index is 13.4. The lowest BCUT2D eigenvalue weighted by atomic mass is 10.2. The second-order valence-corrected chi connectivity index (χ2v) is 5.71. The van der Waals surface area contributed by atoms with Gasteiger partial charge in [0.25, 0.3) is 0 Å². The monoisotopic (exact) mass is 279 g/mol. The Morgan fingerprint density at radius 3 is 3.16 bits per heavy atom. The van der Waals surface area contributed by atoms with Crippen molar-refractivity contribution in [2.45, 2.75) is 25.8 Å². The molecular formula is C13H14FN3OS. The number of amides is 1. The molecule has 1 amide bonds. The Morgan fingerprint density at radius 1 is 1.58 bits per heavy atom. The topological polar surface area (TPSA) is 54.0 Å². The van der Waals surface area contributed by atoms with Gasteiger partial charge in [0.1, 0.15) is 5.82 Å². The summed E-state index contributed by atoms with van der Waals surface area (Å²) in [5, 5.41) is 6.47. The maximum atomic E-state index is 13.4. The Kier molecular flexibility index (Phi) is 3.20. The highest BCUT2D eigenvalue weighted by atomic mass is 32.1. The van der Waals surface area contributed by atoms with E-state index in [-0.39, 0.29) is 17.8 Å². The van der Waals surface area contributed by atoms with Crippen LogP contribution in [0.3, 0.4) is 0 Å². The van der Waals surface area contributed by atoms with E-state index in [0.717, 1.165) is 24.1 Å². The van der Waals surface area contributed by atoms with Crippen LogP contribution in [0.2, 0.25) is 0 Å². The quantitative estimate of drug-likeness (QED) is 0.887. The Hall–Kier alpha value is -1.53. The van der Waals surface area contributed by atoms with Crippen LogP contribution in [-0.4, -0.2) is 23.5 Å². The average Bonchev–Trinajstić information content (AvgIpc) is 3.02. The number of aromatic nitrogens is 1. The van der Waals surface area contributed by atoms with Crippen LogP contribution in [0.1, 0.15) is 18.4 Å². The van der Waals surface area contributed by atoms with E-state index in [1.165, 1.54) is 17.4 Å². The first kappa shape index (κ1) is 12.5. The van der Waals surface area contributed by atoms with Gasteiger partial charge in [-0.1, -0.05) is 11.3 Å². The molecule has 1 unspecified atom stereocenters. The largest absolute Gasteiger partial charge is 0.306 e. The number of aryl methyl sites for hydroxylation is 1. The van der Waals surface area contributed by atoms with Crippen LogP contribution in [0.15, 0.2) is 12.1 Å². The number of anilines is 1.